The minimum atomic E-state index is -0.494. The fourth-order valence-electron chi connectivity index (χ4n) is 3.85. The molecule has 3 heterocycles. The van der Waals surface area contributed by atoms with E-state index in [1.54, 1.807) is 13.0 Å². The lowest BCUT2D eigenvalue weighted by Crippen LogP contribution is -2.43. The summed E-state index contributed by atoms with van der Waals surface area (Å²) in [5, 5.41) is 10.6. The van der Waals surface area contributed by atoms with Gasteiger partial charge in [0.2, 0.25) is 5.56 Å². The van der Waals surface area contributed by atoms with Gasteiger partial charge in [0.1, 0.15) is 5.82 Å². The standard InChI is InChI=1S/C22H22N4O4/c1-2-3-9-25-20(24-10-8-16(27)14-24)12-21(29)26(22(25)30)13-15-11-19(28)23-18-7-5-4-6-17(15)18/h4-7,11-12,16,27H,8-10,13-14H2,1H3,(H,23,28)/t16-/m1/s1. The molecule has 1 aromatic carbocycles. The number of nitrogens with zero attached hydrogens (tertiary/aromatic N) is 3. The van der Waals surface area contributed by atoms with Gasteiger partial charge in [-0.3, -0.25) is 18.7 Å². The van der Waals surface area contributed by atoms with Gasteiger partial charge in [0.25, 0.3) is 5.56 Å². The quantitative estimate of drug-likeness (QED) is 0.615. The van der Waals surface area contributed by atoms with Gasteiger partial charge in [-0.15, -0.1) is 5.92 Å². The predicted octanol–water partition coefficient (Wildman–Crippen LogP) is 0.494. The topological polar surface area (TPSA) is 100 Å². The van der Waals surface area contributed by atoms with Gasteiger partial charge < -0.3 is 15.0 Å². The van der Waals surface area contributed by atoms with Crippen LogP contribution in [-0.4, -0.2) is 38.4 Å². The minimum absolute atomic E-state index is 0.0233. The molecule has 2 aromatic heterocycles. The molecule has 1 fully saturated rings. The number of aromatic nitrogens is 3. The number of aliphatic hydroxyl groups is 1. The van der Waals surface area contributed by atoms with Gasteiger partial charge in [-0.25, -0.2) is 4.79 Å². The molecule has 1 aliphatic rings. The number of anilines is 1. The molecular formula is C22H22N4O4. The molecule has 1 aliphatic heterocycles. The zero-order valence-corrected chi connectivity index (χ0v) is 16.6. The van der Waals surface area contributed by atoms with Crippen LogP contribution in [0.2, 0.25) is 0 Å². The van der Waals surface area contributed by atoms with Crippen molar-refractivity contribution in [2.24, 2.45) is 0 Å². The molecule has 2 N–H and O–H groups in total. The third kappa shape index (κ3) is 3.67. The maximum Gasteiger partial charge on any atom is 0.333 e. The van der Waals surface area contributed by atoms with Crippen LogP contribution in [0, 0.1) is 11.8 Å². The van der Waals surface area contributed by atoms with Crippen molar-refractivity contribution >= 4 is 16.7 Å². The maximum absolute atomic E-state index is 13.3. The van der Waals surface area contributed by atoms with Crippen molar-refractivity contribution in [2.75, 3.05) is 18.0 Å². The molecule has 0 saturated carbocycles. The highest BCUT2D eigenvalue weighted by molar-refractivity contribution is 5.81. The highest BCUT2D eigenvalue weighted by Crippen LogP contribution is 2.19. The van der Waals surface area contributed by atoms with Crippen molar-refractivity contribution in [3.8, 4) is 11.8 Å². The number of aromatic amines is 1. The second kappa shape index (κ2) is 8.05. The average Bonchev–Trinajstić information content (AvgIpc) is 3.16. The summed E-state index contributed by atoms with van der Waals surface area (Å²) >= 11 is 0. The Balaban J connectivity index is 1.85. The number of H-pyrrole nitrogens is 1. The second-order valence-electron chi connectivity index (χ2n) is 7.32. The lowest BCUT2D eigenvalue weighted by molar-refractivity contribution is 0.198. The molecule has 1 saturated heterocycles. The number of pyridine rings is 1. The van der Waals surface area contributed by atoms with E-state index < -0.39 is 17.4 Å². The maximum atomic E-state index is 13.3. The molecule has 30 heavy (non-hydrogen) atoms. The van der Waals surface area contributed by atoms with Gasteiger partial charge in [-0.05, 0) is 25.0 Å². The van der Waals surface area contributed by atoms with E-state index in [2.05, 4.69) is 16.8 Å². The number of hydrogen-bond acceptors (Lipinski definition) is 5. The van der Waals surface area contributed by atoms with Gasteiger partial charge in [0.15, 0.2) is 0 Å². The summed E-state index contributed by atoms with van der Waals surface area (Å²) < 4.78 is 2.57. The SMILES string of the molecule is CC#CCn1c(N2CC[C@@H](O)C2)cc(=O)n(Cc2cc(=O)[nH]c3ccccc23)c1=O. The van der Waals surface area contributed by atoms with Gasteiger partial charge >= 0.3 is 5.69 Å². The van der Waals surface area contributed by atoms with Crippen LogP contribution in [0.25, 0.3) is 10.9 Å². The summed E-state index contributed by atoms with van der Waals surface area (Å²) in [5.41, 5.74) is -0.0111. The van der Waals surface area contributed by atoms with Crippen molar-refractivity contribution in [3.05, 3.63) is 73.2 Å². The smallest absolute Gasteiger partial charge is 0.333 e. The highest BCUT2D eigenvalue weighted by atomic mass is 16.3. The van der Waals surface area contributed by atoms with E-state index in [1.165, 1.54) is 16.7 Å². The Hall–Kier alpha value is -3.57. The van der Waals surface area contributed by atoms with E-state index in [4.69, 9.17) is 0 Å². The molecule has 154 valence electrons. The van der Waals surface area contributed by atoms with Crippen LogP contribution < -0.4 is 21.7 Å². The third-order valence-corrected chi connectivity index (χ3v) is 5.32. The number of hydrogen-bond donors (Lipinski definition) is 2. The van der Waals surface area contributed by atoms with Gasteiger partial charge in [0.05, 0.1) is 19.2 Å². The van der Waals surface area contributed by atoms with E-state index in [-0.39, 0.29) is 18.6 Å². The average molecular weight is 406 g/mol. The highest BCUT2D eigenvalue weighted by Gasteiger charge is 2.24. The first-order valence-electron chi connectivity index (χ1n) is 9.76. The van der Waals surface area contributed by atoms with E-state index in [9.17, 15) is 19.5 Å². The Bertz CT molecular complexity index is 1340. The molecule has 4 rings (SSSR count). The zero-order chi connectivity index (χ0) is 21.3. The fourth-order valence-corrected chi connectivity index (χ4v) is 3.85. The summed E-state index contributed by atoms with van der Waals surface area (Å²) in [5.74, 6) is 6.11. The Morgan fingerprint density at radius 2 is 1.97 bits per heavy atom. The molecular weight excluding hydrogens is 384 g/mol. The summed E-state index contributed by atoms with van der Waals surface area (Å²) in [7, 11) is 0. The number of aliphatic hydroxyl groups excluding tert-OH is 1. The van der Waals surface area contributed by atoms with Crippen LogP contribution in [0.3, 0.4) is 0 Å². The molecule has 0 radical (unpaired) electrons. The lowest BCUT2D eigenvalue weighted by Gasteiger charge is -2.22. The van der Waals surface area contributed by atoms with E-state index >= 15 is 0 Å². The molecule has 0 unspecified atom stereocenters. The Labute approximate surface area is 172 Å². The van der Waals surface area contributed by atoms with E-state index in [1.807, 2.05) is 23.1 Å². The number of rotatable bonds is 4. The summed E-state index contributed by atoms with van der Waals surface area (Å²) in [4.78, 5) is 42.8. The van der Waals surface area contributed by atoms with Crippen molar-refractivity contribution < 1.29 is 5.11 Å². The second-order valence-corrected chi connectivity index (χ2v) is 7.32. The first kappa shape index (κ1) is 19.7. The number of β-amino-alcohol motifs (C(OH)–C–C–N with tert-alkyl or cyclic N) is 1. The Kier molecular flexibility index (Phi) is 5.29. The zero-order valence-electron chi connectivity index (χ0n) is 16.6. The van der Waals surface area contributed by atoms with Crippen LogP contribution >= 0.6 is 0 Å². The summed E-state index contributed by atoms with van der Waals surface area (Å²) in [6, 6.07) is 10.1. The first-order chi connectivity index (χ1) is 14.5. The number of fused-ring (bicyclic) bond motifs is 1. The summed E-state index contributed by atoms with van der Waals surface area (Å²) in [6.45, 7) is 2.71. The molecule has 0 amide bonds. The van der Waals surface area contributed by atoms with Crippen LogP contribution in [-0.2, 0) is 13.1 Å². The van der Waals surface area contributed by atoms with Crippen molar-refractivity contribution in [1.82, 2.24) is 14.1 Å². The van der Waals surface area contributed by atoms with Gasteiger partial charge in [-0.2, -0.15) is 0 Å². The van der Waals surface area contributed by atoms with Crippen LogP contribution in [0.5, 0.6) is 0 Å². The van der Waals surface area contributed by atoms with Gasteiger partial charge in [0, 0.05) is 36.1 Å². The van der Waals surface area contributed by atoms with Crippen LogP contribution in [0.1, 0.15) is 18.9 Å². The largest absolute Gasteiger partial charge is 0.391 e. The van der Waals surface area contributed by atoms with E-state index in [0.717, 1.165) is 9.95 Å². The normalized spacial score (nSPS) is 15.9. The molecule has 0 spiro atoms. The van der Waals surface area contributed by atoms with Gasteiger partial charge in [-0.1, -0.05) is 24.1 Å². The molecule has 1 atom stereocenters. The molecule has 8 heteroatoms. The third-order valence-electron chi connectivity index (χ3n) is 5.32. The summed E-state index contributed by atoms with van der Waals surface area (Å²) in [6.07, 6.45) is 0.0887. The monoisotopic (exact) mass is 406 g/mol. The van der Waals surface area contributed by atoms with Crippen molar-refractivity contribution in [2.45, 2.75) is 32.5 Å². The minimum Gasteiger partial charge on any atom is -0.391 e. The number of para-hydroxylation sites is 1. The molecule has 0 aliphatic carbocycles. The fraction of sp³-hybridized carbons (Fsp3) is 0.318. The van der Waals surface area contributed by atoms with E-state index in [0.29, 0.717) is 36.4 Å². The molecule has 0 bridgehead atoms. The Morgan fingerprint density at radius 1 is 1.17 bits per heavy atom. The number of benzene rings is 1. The number of nitrogens with one attached hydrogen (secondary N) is 1. The van der Waals surface area contributed by atoms with Crippen molar-refractivity contribution in [1.29, 1.82) is 0 Å². The molecule has 3 aromatic rings. The predicted molar refractivity (Wildman–Crippen MR) is 115 cm³/mol. The molecule has 8 nitrogen and oxygen atoms in total. The Morgan fingerprint density at radius 3 is 2.70 bits per heavy atom. The van der Waals surface area contributed by atoms with Crippen LogP contribution in [0.15, 0.2) is 50.8 Å². The lowest BCUT2D eigenvalue weighted by atomic mass is 10.1. The van der Waals surface area contributed by atoms with Crippen LogP contribution in [0.4, 0.5) is 5.82 Å². The first-order valence-corrected chi connectivity index (χ1v) is 9.76. The van der Waals surface area contributed by atoms with Crippen molar-refractivity contribution in [3.63, 3.8) is 0 Å².